The van der Waals surface area contributed by atoms with Gasteiger partial charge in [0.25, 0.3) is 0 Å². The number of nitrogens with zero attached hydrogens (tertiary/aromatic N) is 2. The van der Waals surface area contributed by atoms with E-state index in [4.69, 9.17) is 0 Å². The second-order valence-electron chi connectivity index (χ2n) is 6.31. The molecule has 0 aliphatic carbocycles. The van der Waals surface area contributed by atoms with Crippen LogP contribution in [0.2, 0.25) is 0 Å². The van der Waals surface area contributed by atoms with E-state index in [1.54, 1.807) is 23.9 Å². The molecule has 0 aromatic heterocycles. The van der Waals surface area contributed by atoms with Crippen LogP contribution < -0.4 is 10.2 Å². The molecule has 138 valence electrons. The summed E-state index contributed by atoms with van der Waals surface area (Å²) >= 11 is 0. The number of anilines is 2. The van der Waals surface area contributed by atoms with Gasteiger partial charge in [0.2, 0.25) is 11.8 Å². The van der Waals surface area contributed by atoms with Gasteiger partial charge >= 0.3 is 0 Å². The van der Waals surface area contributed by atoms with Crippen LogP contribution in [0.4, 0.5) is 11.4 Å². The Hall–Kier alpha value is -2.82. The molecule has 1 N–H and O–H groups in total. The summed E-state index contributed by atoms with van der Waals surface area (Å²) in [7, 11) is 3.53. The molecule has 0 bridgehead atoms. The highest BCUT2D eigenvalue weighted by Gasteiger charge is 2.13. The predicted octanol–water partition coefficient (Wildman–Crippen LogP) is 3.17. The molecule has 2 rings (SSSR count). The number of para-hydroxylation sites is 1. The van der Waals surface area contributed by atoms with Gasteiger partial charge in [0.05, 0.1) is 6.54 Å². The van der Waals surface area contributed by atoms with Gasteiger partial charge in [-0.1, -0.05) is 30.3 Å². The third kappa shape index (κ3) is 5.62. The maximum Gasteiger partial charge on any atom is 0.246 e. The fourth-order valence-corrected chi connectivity index (χ4v) is 2.65. The smallest absolute Gasteiger partial charge is 0.246 e. The van der Waals surface area contributed by atoms with Gasteiger partial charge in [-0.25, -0.2) is 0 Å². The van der Waals surface area contributed by atoms with Gasteiger partial charge in [-0.3, -0.25) is 9.59 Å². The molecule has 5 heteroatoms. The molecule has 2 amide bonds. The maximum absolute atomic E-state index is 12.5. The molecular formula is C21H27N3O2. The molecule has 0 saturated heterocycles. The monoisotopic (exact) mass is 353 g/mol. The lowest BCUT2D eigenvalue weighted by atomic mass is 10.1. The normalized spacial score (nSPS) is 10.3. The Bertz CT molecular complexity index is 712. The van der Waals surface area contributed by atoms with Crippen molar-refractivity contribution in [3.8, 4) is 0 Å². The van der Waals surface area contributed by atoms with Crippen molar-refractivity contribution in [3.63, 3.8) is 0 Å². The minimum Gasteiger partial charge on any atom is -0.376 e. The van der Waals surface area contributed by atoms with Crippen LogP contribution >= 0.6 is 0 Å². The zero-order valence-corrected chi connectivity index (χ0v) is 15.7. The third-order valence-electron chi connectivity index (χ3n) is 4.21. The largest absolute Gasteiger partial charge is 0.376 e. The minimum absolute atomic E-state index is 0.0272. The summed E-state index contributed by atoms with van der Waals surface area (Å²) in [5.41, 5.74) is 2.91. The van der Waals surface area contributed by atoms with E-state index in [0.717, 1.165) is 16.9 Å². The lowest BCUT2D eigenvalue weighted by Gasteiger charge is -2.21. The number of nitrogens with one attached hydrogen (secondary N) is 1. The first kappa shape index (κ1) is 19.5. The summed E-state index contributed by atoms with van der Waals surface area (Å²) in [6, 6.07) is 17.5. The number of hydrogen-bond acceptors (Lipinski definition) is 3. The first-order valence-corrected chi connectivity index (χ1v) is 8.89. The van der Waals surface area contributed by atoms with Crippen LogP contribution in [0, 0.1) is 0 Å². The van der Waals surface area contributed by atoms with Gasteiger partial charge in [-0.2, -0.15) is 0 Å². The number of carbonyl (C=O) groups excluding carboxylic acids is 2. The number of amides is 2. The number of aryl methyl sites for hydroxylation is 1. The van der Waals surface area contributed by atoms with Crippen LogP contribution in [0.1, 0.15) is 18.9 Å². The van der Waals surface area contributed by atoms with Crippen molar-refractivity contribution in [1.82, 2.24) is 4.90 Å². The second kappa shape index (κ2) is 9.61. The highest BCUT2D eigenvalue weighted by atomic mass is 16.2. The van der Waals surface area contributed by atoms with Crippen LogP contribution in [-0.2, 0) is 16.0 Å². The summed E-state index contributed by atoms with van der Waals surface area (Å²) in [5.74, 6) is 0.151. The summed E-state index contributed by atoms with van der Waals surface area (Å²) in [6.45, 7) is 2.83. The molecule has 0 aliphatic rings. The Labute approximate surface area is 155 Å². The van der Waals surface area contributed by atoms with Crippen molar-refractivity contribution in [2.45, 2.75) is 19.8 Å². The van der Waals surface area contributed by atoms with Gasteiger partial charge in [-0.05, 0) is 43.2 Å². The molecule has 0 aliphatic heterocycles. The van der Waals surface area contributed by atoms with E-state index in [2.05, 4.69) is 5.32 Å². The van der Waals surface area contributed by atoms with Crippen molar-refractivity contribution >= 4 is 23.2 Å². The van der Waals surface area contributed by atoms with Gasteiger partial charge in [0.15, 0.2) is 0 Å². The summed E-state index contributed by atoms with van der Waals surface area (Å²) in [4.78, 5) is 27.5. The standard InChI is InChI=1S/C21H27N3O2/c1-4-24(19-8-6-5-7-9-19)21(26)16-22-18-13-10-17(11-14-18)12-15-20(25)23(2)3/h5-11,13-14,22H,4,12,15-16H2,1-3H3. The molecular weight excluding hydrogens is 326 g/mol. The lowest BCUT2D eigenvalue weighted by molar-refractivity contribution is -0.128. The van der Waals surface area contributed by atoms with E-state index in [0.29, 0.717) is 19.4 Å². The molecule has 0 atom stereocenters. The second-order valence-corrected chi connectivity index (χ2v) is 6.31. The number of likely N-dealkylation sites (N-methyl/N-ethyl adjacent to an activating group) is 1. The van der Waals surface area contributed by atoms with Crippen LogP contribution in [0.25, 0.3) is 0 Å². The van der Waals surface area contributed by atoms with Crippen LogP contribution in [-0.4, -0.2) is 43.9 Å². The van der Waals surface area contributed by atoms with Gasteiger partial charge in [0.1, 0.15) is 0 Å². The summed E-state index contributed by atoms with van der Waals surface area (Å²) < 4.78 is 0. The van der Waals surface area contributed by atoms with Gasteiger partial charge in [-0.15, -0.1) is 0 Å². The number of carbonyl (C=O) groups is 2. The molecule has 2 aromatic rings. The van der Waals surface area contributed by atoms with E-state index >= 15 is 0 Å². The number of benzene rings is 2. The van der Waals surface area contributed by atoms with Gasteiger partial charge < -0.3 is 15.1 Å². The number of hydrogen-bond donors (Lipinski definition) is 1. The Kier molecular flexibility index (Phi) is 7.21. The molecule has 26 heavy (non-hydrogen) atoms. The zero-order chi connectivity index (χ0) is 18.9. The number of rotatable bonds is 8. The van der Waals surface area contributed by atoms with Crippen molar-refractivity contribution in [2.75, 3.05) is 37.4 Å². The third-order valence-corrected chi connectivity index (χ3v) is 4.21. The Morgan fingerprint density at radius 3 is 2.15 bits per heavy atom. The van der Waals surface area contributed by atoms with E-state index in [9.17, 15) is 9.59 Å². The Balaban J connectivity index is 1.87. The van der Waals surface area contributed by atoms with Crippen LogP contribution in [0.3, 0.4) is 0 Å². The SMILES string of the molecule is CCN(C(=O)CNc1ccc(CCC(=O)N(C)C)cc1)c1ccccc1. The average molecular weight is 353 g/mol. The van der Waals surface area contributed by atoms with E-state index in [1.165, 1.54) is 0 Å². The maximum atomic E-state index is 12.5. The fraction of sp³-hybridized carbons (Fsp3) is 0.333. The summed E-state index contributed by atoms with van der Waals surface area (Å²) in [5, 5.41) is 3.17. The van der Waals surface area contributed by atoms with Crippen molar-refractivity contribution in [3.05, 3.63) is 60.2 Å². The Morgan fingerprint density at radius 1 is 0.923 bits per heavy atom. The van der Waals surface area contributed by atoms with Crippen LogP contribution in [0.5, 0.6) is 0 Å². The molecule has 0 fully saturated rings. The van der Waals surface area contributed by atoms with Crippen molar-refractivity contribution < 1.29 is 9.59 Å². The molecule has 0 unspecified atom stereocenters. The van der Waals surface area contributed by atoms with E-state index in [1.807, 2.05) is 61.5 Å². The van der Waals surface area contributed by atoms with E-state index in [-0.39, 0.29) is 18.4 Å². The predicted molar refractivity (Wildman–Crippen MR) is 106 cm³/mol. The zero-order valence-electron chi connectivity index (χ0n) is 15.7. The highest BCUT2D eigenvalue weighted by Crippen LogP contribution is 2.14. The van der Waals surface area contributed by atoms with Crippen molar-refractivity contribution in [2.24, 2.45) is 0 Å². The van der Waals surface area contributed by atoms with E-state index < -0.39 is 0 Å². The Morgan fingerprint density at radius 2 is 1.58 bits per heavy atom. The van der Waals surface area contributed by atoms with Crippen molar-refractivity contribution in [1.29, 1.82) is 0 Å². The van der Waals surface area contributed by atoms with Crippen LogP contribution in [0.15, 0.2) is 54.6 Å². The topological polar surface area (TPSA) is 52.7 Å². The molecule has 5 nitrogen and oxygen atoms in total. The molecule has 0 saturated carbocycles. The molecule has 2 aromatic carbocycles. The molecule has 0 spiro atoms. The fourth-order valence-electron chi connectivity index (χ4n) is 2.65. The first-order chi connectivity index (χ1) is 12.5. The molecule has 0 heterocycles. The first-order valence-electron chi connectivity index (χ1n) is 8.89. The summed E-state index contributed by atoms with van der Waals surface area (Å²) in [6.07, 6.45) is 1.22. The van der Waals surface area contributed by atoms with Gasteiger partial charge in [0, 0.05) is 38.4 Å². The average Bonchev–Trinajstić information content (AvgIpc) is 2.66. The minimum atomic E-state index is 0.0272. The lowest BCUT2D eigenvalue weighted by Crippen LogP contribution is -2.35. The highest BCUT2D eigenvalue weighted by molar-refractivity contribution is 5.96. The quantitative estimate of drug-likeness (QED) is 0.793. The molecule has 0 radical (unpaired) electrons.